The Bertz CT molecular complexity index is 1110. The number of amides is 1. The first-order valence-electron chi connectivity index (χ1n) is 9.67. The van der Waals surface area contributed by atoms with E-state index in [0.29, 0.717) is 29.4 Å². The number of nitro groups is 1. The van der Waals surface area contributed by atoms with E-state index in [2.05, 4.69) is 10.3 Å². The van der Waals surface area contributed by atoms with Gasteiger partial charge in [0.15, 0.2) is 5.69 Å². The number of nitrogens with zero attached hydrogens (tertiary/aromatic N) is 5. The quantitative estimate of drug-likeness (QED) is 0.455. The van der Waals surface area contributed by atoms with Crippen molar-refractivity contribution in [3.05, 3.63) is 80.6 Å². The molecule has 0 N–H and O–H groups in total. The van der Waals surface area contributed by atoms with Gasteiger partial charge in [-0.25, -0.2) is 4.68 Å². The topological polar surface area (TPSA) is 94.2 Å². The van der Waals surface area contributed by atoms with Gasteiger partial charge in [-0.15, -0.1) is 5.10 Å². The van der Waals surface area contributed by atoms with E-state index in [-0.39, 0.29) is 23.3 Å². The molecule has 1 fully saturated rings. The van der Waals surface area contributed by atoms with Crippen LogP contribution in [0.1, 0.15) is 34.6 Å². The van der Waals surface area contributed by atoms with Crippen molar-refractivity contribution in [2.24, 2.45) is 0 Å². The lowest BCUT2D eigenvalue weighted by molar-refractivity contribution is -0.384. The standard InChI is InChI=1S/C21H20ClN5O3/c1-14-20(23-24-26(14)17-7-4-8-18(13-17)27(29)30)21(28)25-11-5-9-16(25)12-15-6-2-3-10-19(15)22/h2-4,6-8,10,13,16H,5,9,11-12H2,1H3. The van der Waals surface area contributed by atoms with Crippen LogP contribution in [0, 0.1) is 17.0 Å². The number of aromatic nitrogens is 3. The summed E-state index contributed by atoms with van der Waals surface area (Å²) < 4.78 is 1.46. The van der Waals surface area contributed by atoms with Gasteiger partial charge >= 0.3 is 0 Å². The number of benzene rings is 2. The maximum absolute atomic E-state index is 13.2. The van der Waals surface area contributed by atoms with Crippen LogP contribution in [0.4, 0.5) is 5.69 Å². The Morgan fingerprint density at radius 3 is 2.83 bits per heavy atom. The molecule has 30 heavy (non-hydrogen) atoms. The molecule has 4 rings (SSSR count). The Kier molecular flexibility index (Phi) is 5.50. The van der Waals surface area contributed by atoms with Gasteiger partial charge in [-0.2, -0.15) is 0 Å². The van der Waals surface area contributed by atoms with Crippen LogP contribution < -0.4 is 0 Å². The van der Waals surface area contributed by atoms with E-state index in [4.69, 9.17) is 11.6 Å². The number of hydrogen-bond acceptors (Lipinski definition) is 5. The number of carbonyl (C=O) groups excluding carboxylic acids is 1. The Morgan fingerprint density at radius 1 is 1.27 bits per heavy atom. The molecular formula is C21H20ClN5O3. The molecule has 0 spiro atoms. The molecule has 3 aromatic rings. The second-order valence-electron chi connectivity index (χ2n) is 7.30. The Labute approximate surface area is 178 Å². The van der Waals surface area contributed by atoms with Crippen molar-refractivity contribution in [3.8, 4) is 5.69 Å². The van der Waals surface area contributed by atoms with Gasteiger partial charge in [0.25, 0.3) is 11.6 Å². The predicted molar refractivity (Wildman–Crippen MR) is 112 cm³/mol. The molecule has 9 heteroatoms. The van der Waals surface area contributed by atoms with Crippen molar-refractivity contribution in [1.82, 2.24) is 19.9 Å². The molecule has 1 amide bonds. The third-order valence-corrected chi connectivity index (χ3v) is 5.80. The van der Waals surface area contributed by atoms with Gasteiger partial charge in [0, 0.05) is 29.7 Å². The molecule has 2 aromatic carbocycles. The average Bonchev–Trinajstić information content (AvgIpc) is 3.36. The van der Waals surface area contributed by atoms with Crippen molar-refractivity contribution in [3.63, 3.8) is 0 Å². The van der Waals surface area contributed by atoms with E-state index in [0.717, 1.165) is 18.4 Å². The number of halogens is 1. The first kappa shape index (κ1) is 20.0. The minimum atomic E-state index is -0.467. The lowest BCUT2D eigenvalue weighted by Crippen LogP contribution is -2.37. The second-order valence-corrected chi connectivity index (χ2v) is 7.71. The summed E-state index contributed by atoms with van der Waals surface area (Å²) in [4.78, 5) is 25.7. The van der Waals surface area contributed by atoms with Gasteiger partial charge < -0.3 is 4.90 Å². The molecule has 0 saturated carbocycles. The predicted octanol–water partition coefficient (Wildman–Crippen LogP) is 3.98. The van der Waals surface area contributed by atoms with Crippen LogP contribution in [0.3, 0.4) is 0 Å². The number of hydrogen-bond donors (Lipinski definition) is 0. The highest BCUT2D eigenvalue weighted by molar-refractivity contribution is 6.31. The maximum atomic E-state index is 13.2. The first-order valence-corrected chi connectivity index (χ1v) is 10.0. The van der Waals surface area contributed by atoms with Gasteiger partial charge in [0.2, 0.25) is 0 Å². The highest BCUT2D eigenvalue weighted by atomic mass is 35.5. The van der Waals surface area contributed by atoms with Crippen molar-refractivity contribution in [2.75, 3.05) is 6.54 Å². The third kappa shape index (κ3) is 3.78. The van der Waals surface area contributed by atoms with E-state index in [1.807, 2.05) is 29.2 Å². The fraction of sp³-hybridized carbons (Fsp3) is 0.286. The lowest BCUT2D eigenvalue weighted by atomic mass is 10.0. The fourth-order valence-corrected chi connectivity index (χ4v) is 4.09. The van der Waals surface area contributed by atoms with E-state index in [9.17, 15) is 14.9 Å². The SMILES string of the molecule is Cc1c(C(=O)N2CCCC2Cc2ccccc2Cl)nnn1-c1cccc([N+](=O)[O-])c1. The smallest absolute Gasteiger partial charge is 0.276 e. The van der Waals surface area contributed by atoms with Crippen molar-refractivity contribution < 1.29 is 9.72 Å². The van der Waals surface area contributed by atoms with E-state index >= 15 is 0 Å². The van der Waals surface area contributed by atoms with Crippen molar-refractivity contribution in [1.29, 1.82) is 0 Å². The molecule has 0 aliphatic carbocycles. The molecule has 1 atom stereocenters. The Hall–Kier alpha value is -3.26. The normalized spacial score (nSPS) is 16.1. The maximum Gasteiger partial charge on any atom is 0.276 e. The Balaban J connectivity index is 1.58. The van der Waals surface area contributed by atoms with E-state index in [1.165, 1.54) is 16.8 Å². The largest absolute Gasteiger partial charge is 0.334 e. The number of carbonyl (C=O) groups is 1. The Morgan fingerprint density at radius 2 is 2.07 bits per heavy atom. The summed E-state index contributed by atoms with van der Waals surface area (Å²) in [6, 6.07) is 13.8. The van der Waals surface area contributed by atoms with Crippen LogP contribution >= 0.6 is 11.6 Å². The average molecular weight is 426 g/mol. The van der Waals surface area contributed by atoms with Gasteiger partial charge in [-0.3, -0.25) is 14.9 Å². The monoisotopic (exact) mass is 425 g/mol. The molecule has 1 aliphatic rings. The van der Waals surface area contributed by atoms with Gasteiger partial charge in [0.1, 0.15) is 0 Å². The van der Waals surface area contributed by atoms with Crippen LogP contribution in [0.2, 0.25) is 5.02 Å². The zero-order valence-corrected chi connectivity index (χ0v) is 17.1. The molecule has 1 aromatic heterocycles. The van der Waals surface area contributed by atoms with Crippen LogP contribution in [0.15, 0.2) is 48.5 Å². The number of likely N-dealkylation sites (tertiary alicyclic amines) is 1. The number of rotatable bonds is 5. The minimum Gasteiger partial charge on any atom is -0.334 e. The molecule has 1 saturated heterocycles. The molecule has 0 radical (unpaired) electrons. The lowest BCUT2D eigenvalue weighted by Gasteiger charge is -2.24. The molecule has 2 heterocycles. The minimum absolute atomic E-state index is 0.0414. The summed E-state index contributed by atoms with van der Waals surface area (Å²) in [6.45, 7) is 2.39. The van der Waals surface area contributed by atoms with Crippen molar-refractivity contribution >= 4 is 23.2 Å². The highest BCUT2D eigenvalue weighted by Crippen LogP contribution is 2.27. The van der Waals surface area contributed by atoms with E-state index < -0.39 is 4.92 Å². The summed E-state index contributed by atoms with van der Waals surface area (Å²) in [5.41, 5.74) is 2.26. The third-order valence-electron chi connectivity index (χ3n) is 5.43. The van der Waals surface area contributed by atoms with Crippen LogP contribution in [-0.4, -0.2) is 43.3 Å². The summed E-state index contributed by atoms with van der Waals surface area (Å²) in [6.07, 6.45) is 2.50. The van der Waals surface area contributed by atoms with Gasteiger partial charge in [0.05, 0.1) is 16.3 Å². The molecule has 8 nitrogen and oxygen atoms in total. The van der Waals surface area contributed by atoms with Crippen LogP contribution in [-0.2, 0) is 6.42 Å². The zero-order valence-electron chi connectivity index (χ0n) is 16.4. The highest BCUT2D eigenvalue weighted by Gasteiger charge is 2.32. The summed E-state index contributed by atoms with van der Waals surface area (Å²) in [5.74, 6) is -0.182. The zero-order chi connectivity index (χ0) is 21.3. The fourth-order valence-electron chi connectivity index (χ4n) is 3.88. The molecule has 1 aliphatic heterocycles. The van der Waals surface area contributed by atoms with Gasteiger partial charge in [-0.05, 0) is 43.9 Å². The van der Waals surface area contributed by atoms with Gasteiger partial charge in [-0.1, -0.05) is 41.1 Å². The number of nitro benzene ring substituents is 1. The first-order chi connectivity index (χ1) is 14.5. The number of non-ortho nitro benzene ring substituents is 1. The second kappa shape index (κ2) is 8.23. The van der Waals surface area contributed by atoms with Crippen LogP contribution in [0.5, 0.6) is 0 Å². The molecule has 154 valence electrons. The summed E-state index contributed by atoms with van der Waals surface area (Å²) in [5, 5.41) is 19.9. The van der Waals surface area contributed by atoms with E-state index in [1.54, 1.807) is 19.1 Å². The van der Waals surface area contributed by atoms with Crippen molar-refractivity contribution in [2.45, 2.75) is 32.2 Å². The summed E-state index contributed by atoms with van der Waals surface area (Å²) >= 11 is 6.30. The molecule has 0 bridgehead atoms. The molecular weight excluding hydrogens is 406 g/mol. The molecule has 1 unspecified atom stereocenters. The summed E-state index contributed by atoms with van der Waals surface area (Å²) in [7, 11) is 0. The van der Waals surface area contributed by atoms with Crippen LogP contribution in [0.25, 0.3) is 5.69 Å².